The Bertz CT molecular complexity index is 537. The molecule has 0 spiro atoms. The fourth-order valence-electron chi connectivity index (χ4n) is 3.04. The first-order chi connectivity index (χ1) is 10.1. The second-order valence-corrected chi connectivity index (χ2v) is 5.94. The van der Waals surface area contributed by atoms with Gasteiger partial charge in [-0.2, -0.15) is 0 Å². The molecule has 1 N–H and O–H groups in total. The Hall–Kier alpha value is -0.950. The van der Waals surface area contributed by atoms with Crippen molar-refractivity contribution >= 4 is 30.5 Å². The van der Waals surface area contributed by atoms with Crippen molar-refractivity contribution in [1.29, 1.82) is 0 Å². The summed E-state index contributed by atoms with van der Waals surface area (Å²) < 4.78 is 14.2. The summed E-state index contributed by atoms with van der Waals surface area (Å²) in [6, 6.07) is 3.85. The van der Waals surface area contributed by atoms with Crippen LogP contribution in [0.25, 0.3) is 0 Å². The third-order valence-corrected chi connectivity index (χ3v) is 4.40. The van der Waals surface area contributed by atoms with Crippen LogP contribution in [0.15, 0.2) is 18.2 Å². The molecule has 0 radical (unpaired) electrons. The fraction of sp³-hybridized carbons (Fsp3) is 0.600. The molecule has 1 aromatic carbocycles. The third-order valence-electron chi connectivity index (χ3n) is 4.40. The average molecular weight is 366 g/mol. The minimum atomic E-state index is -0.450. The predicted molar refractivity (Wildman–Crippen MR) is 92.1 cm³/mol. The first-order valence-electron chi connectivity index (χ1n) is 7.54. The largest absolute Gasteiger partial charge is 0.314 e. The summed E-state index contributed by atoms with van der Waals surface area (Å²) in [4.78, 5) is 12.8. The second kappa shape index (κ2) is 8.78. The van der Waals surface area contributed by atoms with Crippen molar-refractivity contribution in [3.8, 4) is 0 Å². The van der Waals surface area contributed by atoms with Gasteiger partial charge in [0.1, 0.15) is 5.82 Å². The molecule has 23 heavy (non-hydrogen) atoms. The van der Waals surface area contributed by atoms with Crippen LogP contribution in [-0.2, 0) is 0 Å². The molecule has 8 heteroatoms. The lowest BCUT2D eigenvalue weighted by molar-refractivity contribution is -0.385. The number of benzene rings is 1. The van der Waals surface area contributed by atoms with Crippen LogP contribution in [0, 0.1) is 21.8 Å². The molecule has 5 nitrogen and oxygen atoms in total. The van der Waals surface area contributed by atoms with E-state index >= 15 is 0 Å². The molecule has 1 heterocycles. The van der Waals surface area contributed by atoms with E-state index in [1.807, 2.05) is 0 Å². The summed E-state index contributed by atoms with van der Waals surface area (Å²) in [6.45, 7) is 3.49. The van der Waals surface area contributed by atoms with Crippen molar-refractivity contribution in [2.45, 2.75) is 25.3 Å². The molecular weight excluding hydrogens is 344 g/mol. The zero-order valence-corrected chi connectivity index (χ0v) is 14.4. The topological polar surface area (TPSA) is 58.4 Å². The molecule has 130 valence electrons. The zero-order chi connectivity index (χ0) is 14.8. The van der Waals surface area contributed by atoms with Crippen LogP contribution in [0.4, 0.5) is 10.1 Å². The maximum Gasteiger partial charge on any atom is 0.269 e. The van der Waals surface area contributed by atoms with Gasteiger partial charge in [0.25, 0.3) is 5.69 Å². The first kappa shape index (κ1) is 20.1. The molecule has 0 amide bonds. The highest BCUT2D eigenvalue weighted by molar-refractivity contribution is 5.85. The molecule has 1 aromatic rings. The average Bonchev–Trinajstić information content (AvgIpc) is 3.30. The van der Waals surface area contributed by atoms with Gasteiger partial charge in [-0.3, -0.25) is 15.0 Å². The summed E-state index contributed by atoms with van der Waals surface area (Å²) >= 11 is 0. The lowest BCUT2D eigenvalue weighted by atomic mass is 9.97. The van der Waals surface area contributed by atoms with E-state index in [0.717, 1.165) is 32.6 Å². The monoisotopic (exact) mass is 365 g/mol. The lowest BCUT2D eigenvalue weighted by Gasteiger charge is -2.35. The van der Waals surface area contributed by atoms with Crippen LogP contribution in [-0.4, -0.2) is 36.0 Å². The van der Waals surface area contributed by atoms with Crippen LogP contribution < -0.4 is 5.32 Å². The maximum atomic E-state index is 14.2. The molecule has 2 aliphatic rings. The molecular formula is C15H22Cl2FN3O2. The number of hydrogen-bond acceptors (Lipinski definition) is 4. The summed E-state index contributed by atoms with van der Waals surface area (Å²) in [6.07, 6.45) is 3.29. The van der Waals surface area contributed by atoms with Crippen LogP contribution in [0.5, 0.6) is 0 Å². The highest BCUT2D eigenvalue weighted by atomic mass is 35.5. The quantitative estimate of drug-likeness (QED) is 0.642. The molecule has 1 aliphatic carbocycles. The minimum Gasteiger partial charge on any atom is -0.314 e. The number of nitrogens with one attached hydrogen (secondary N) is 1. The number of rotatable bonds is 5. The SMILES string of the molecule is Cl.Cl.O=[N+]([O-])c1ccc(F)c([C@H](CC2CC2)N2CCNCC2)c1. The van der Waals surface area contributed by atoms with Crippen molar-refractivity contribution in [3.05, 3.63) is 39.7 Å². The van der Waals surface area contributed by atoms with Gasteiger partial charge in [-0.05, 0) is 18.4 Å². The van der Waals surface area contributed by atoms with Gasteiger partial charge >= 0.3 is 0 Å². The highest BCUT2D eigenvalue weighted by Crippen LogP contribution is 2.41. The number of non-ortho nitro benzene ring substituents is 1. The van der Waals surface area contributed by atoms with Gasteiger partial charge in [-0.15, -0.1) is 24.8 Å². The van der Waals surface area contributed by atoms with E-state index in [0.29, 0.717) is 11.5 Å². The molecule has 3 rings (SSSR count). The number of hydrogen-bond donors (Lipinski definition) is 1. The van der Waals surface area contributed by atoms with Gasteiger partial charge in [0, 0.05) is 49.9 Å². The van der Waals surface area contributed by atoms with E-state index in [4.69, 9.17) is 0 Å². The van der Waals surface area contributed by atoms with Gasteiger partial charge in [0.15, 0.2) is 0 Å². The van der Waals surface area contributed by atoms with Crippen LogP contribution in [0.1, 0.15) is 30.9 Å². The van der Waals surface area contributed by atoms with Gasteiger partial charge in [0.05, 0.1) is 4.92 Å². The summed E-state index contributed by atoms with van der Waals surface area (Å²) in [5, 5.41) is 14.2. The predicted octanol–water partition coefficient (Wildman–Crippen LogP) is 3.32. The Balaban J connectivity index is 0.00000132. The Morgan fingerprint density at radius 3 is 2.52 bits per heavy atom. The van der Waals surface area contributed by atoms with Gasteiger partial charge in [0.2, 0.25) is 0 Å². The van der Waals surface area contributed by atoms with E-state index in [2.05, 4.69) is 10.2 Å². The van der Waals surface area contributed by atoms with E-state index < -0.39 is 4.92 Å². The Morgan fingerprint density at radius 1 is 1.30 bits per heavy atom. The molecule has 1 atom stereocenters. The van der Waals surface area contributed by atoms with Crippen molar-refractivity contribution in [1.82, 2.24) is 10.2 Å². The number of piperazine rings is 1. The zero-order valence-electron chi connectivity index (χ0n) is 12.7. The van der Waals surface area contributed by atoms with E-state index in [1.54, 1.807) is 0 Å². The van der Waals surface area contributed by atoms with Crippen LogP contribution in [0.3, 0.4) is 0 Å². The van der Waals surface area contributed by atoms with Crippen LogP contribution >= 0.6 is 24.8 Å². The smallest absolute Gasteiger partial charge is 0.269 e. The summed E-state index contributed by atoms with van der Waals surface area (Å²) in [5.41, 5.74) is 0.459. The Kier molecular flexibility index (Phi) is 7.67. The summed E-state index contributed by atoms with van der Waals surface area (Å²) in [7, 11) is 0. The van der Waals surface area contributed by atoms with Gasteiger partial charge in [-0.25, -0.2) is 4.39 Å². The number of nitro benzene ring substituents is 1. The van der Waals surface area contributed by atoms with Crippen molar-refractivity contribution in [2.75, 3.05) is 26.2 Å². The fourth-order valence-corrected chi connectivity index (χ4v) is 3.04. The number of halogens is 3. The van der Waals surface area contributed by atoms with Gasteiger partial charge in [-0.1, -0.05) is 12.8 Å². The van der Waals surface area contributed by atoms with Crippen LogP contribution in [0.2, 0.25) is 0 Å². The first-order valence-corrected chi connectivity index (χ1v) is 7.54. The van der Waals surface area contributed by atoms with Crippen molar-refractivity contribution in [2.24, 2.45) is 5.92 Å². The summed E-state index contributed by atoms with van der Waals surface area (Å²) in [5.74, 6) is 0.313. The van der Waals surface area contributed by atoms with E-state index in [-0.39, 0.29) is 42.4 Å². The highest BCUT2D eigenvalue weighted by Gasteiger charge is 2.32. The molecule has 0 unspecified atom stereocenters. The van der Waals surface area contributed by atoms with E-state index in [9.17, 15) is 14.5 Å². The van der Waals surface area contributed by atoms with Crippen molar-refractivity contribution < 1.29 is 9.31 Å². The molecule has 1 saturated carbocycles. The molecule has 0 bridgehead atoms. The Morgan fingerprint density at radius 2 is 1.96 bits per heavy atom. The molecule has 0 aromatic heterocycles. The number of nitrogens with zero attached hydrogens (tertiary/aromatic N) is 2. The van der Waals surface area contributed by atoms with Gasteiger partial charge < -0.3 is 5.32 Å². The molecule has 1 saturated heterocycles. The lowest BCUT2D eigenvalue weighted by Crippen LogP contribution is -2.45. The molecule has 1 aliphatic heterocycles. The maximum absolute atomic E-state index is 14.2. The molecule has 2 fully saturated rings. The second-order valence-electron chi connectivity index (χ2n) is 5.94. The number of nitro groups is 1. The standard InChI is InChI=1S/C15H20FN3O2.2ClH/c16-14-4-3-12(19(20)21)10-13(14)15(9-11-1-2-11)18-7-5-17-6-8-18;;/h3-4,10-11,15,17H,1-2,5-9H2;2*1H/t15-;;/m0../s1. The third kappa shape index (κ3) is 5.01. The normalized spacial score (nSPS) is 19.3. The minimum absolute atomic E-state index is 0. The Labute approximate surface area is 147 Å². The van der Waals surface area contributed by atoms with E-state index in [1.165, 1.54) is 31.0 Å². The van der Waals surface area contributed by atoms with Crippen molar-refractivity contribution in [3.63, 3.8) is 0 Å².